The van der Waals surface area contributed by atoms with Gasteiger partial charge < -0.3 is 20.1 Å². The Balaban J connectivity index is 1.31. The number of nitrogens with one attached hydrogen (secondary N) is 2. The maximum Gasteiger partial charge on any atom is 0.228 e. The largest absolute Gasteiger partial charge is 0.490 e. The van der Waals surface area contributed by atoms with Crippen molar-refractivity contribution in [1.29, 1.82) is 0 Å². The first kappa shape index (κ1) is 26.6. The highest BCUT2D eigenvalue weighted by Crippen LogP contribution is 2.34. The Hall–Kier alpha value is -4.05. The summed E-state index contributed by atoms with van der Waals surface area (Å²) in [4.78, 5) is 16.9. The van der Waals surface area contributed by atoms with E-state index in [1.165, 1.54) is 18.3 Å². The van der Waals surface area contributed by atoms with Crippen LogP contribution in [-0.4, -0.2) is 39.9 Å². The summed E-state index contributed by atoms with van der Waals surface area (Å²) in [5.74, 6) is -2.12. The van der Waals surface area contributed by atoms with Crippen molar-refractivity contribution in [3.63, 3.8) is 0 Å². The third kappa shape index (κ3) is 6.17. The molecule has 2 N–H and O–H groups in total. The standard InChI is InChI=1S/C29H31F2N5O3/c1-29(2,3)36-17-19(16-34-36)35-26(37)14-18-4-7-25(28(31)27(18)30)39-24-10-13-33-23-6-5-21(15-22(23)24)38-20-8-11-32-12-9-20/h4-7,10,13,15-17,20,32H,8-9,11-12,14H2,1-3H3,(H,35,37). The Bertz CT molecular complexity index is 1490. The number of nitrogens with zero attached hydrogens (tertiary/aromatic N) is 3. The van der Waals surface area contributed by atoms with Crippen molar-refractivity contribution >= 4 is 22.5 Å². The van der Waals surface area contributed by atoms with Crippen molar-refractivity contribution in [2.75, 3.05) is 18.4 Å². The van der Waals surface area contributed by atoms with Gasteiger partial charge in [0.1, 0.15) is 17.6 Å². The van der Waals surface area contributed by atoms with Crippen molar-refractivity contribution in [3.05, 3.63) is 72.2 Å². The van der Waals surface area contributed by atoms with Crippen LogP contribution in [-0.2, 0) is 16.8 Å². The van der Waals surface area contributed by atoms with E-state index in [-0.39, 0.29) is 29.4 Å². The molecule has 8 nitrogen and oxygen atoms in total. The van der Waals surface area contributed by atoms with Crippen LogP contribution in [0.3, 0.4) is 0 Å². The summed E-state index contributed by atoms with van der Waals surface area (Å²) in [7, 11) is 0. The van der Waals surface area contributed by atoms with Gasteiger partial charge in [-0.05, 0) is 77.0 Å². The molecule has 2 aromatic carbocycles. The highest BCUT2D eigenvalue weighted by atomic mass is 19.2. The number of hydrogen-bond donors (Lipinski definition) is 2. The molecule has 1 aliphatic rings. The molecule has 1 fully saturated rings. The van der Waals surface area contributed by atoms with E-state index in [1.54, 1.807) is 29.2 Å². The second-order valence-corrected chi connectivity index (χ2v) is 10.6. The van der Waals surface area contributed by atoms with E-state index in [0.29, 0.717) is 28.1 Å². The molecular formula is C29H31F2N5O3. The van der Waals surface area contributed by atoms with Crippen molar-refractivity contribution in [2.24, 2.45) is 0 Å². The summed E-state index contributed by atoms with van der Waals surface area (Å²) in [6.07, 6.45) is 6.31. The van der Waals surface area contributed by atoms with E-state index in [2.05, 4.69) is 20.7 Å². The van der Waals surface area contributed by atoms with Crippen LogP contribution in [0.4, 0.5) is 14.5 Å². The van der Waals surface area contributed by atoms with Crippen LogP contribution < -0.4 is 20.1 Å². The van der Waals surface area contributed by atoms with Gasteiger partial charge in [0.2, 0.25) is 11.7 Å². The number of ether oxygens (including phenoxy) is 2. The number of fused-ring (bicyclic) bond motifs is 1. The number of aromatic nitrogens is 3. The fourth-order valence-electron chi connectivity index (χ4n) is 4.41. The predicted octanol–water partition coefficient (Wildman–Crippen LogP) is 5.57. The van der Waals surface area contributed by atoms with Gasteiger partial charge >= 0.3 is 0 Å². The number of carbonyl (C=O) groups excluding carboxylic acids is 1. The zero-order chi connectivity index (χ0) is 27.6. The SMILES string of the molecule is CC(C)(C)n1cc(NC(=O)Cc2ccc(Oc3ccnc4ccc(OC5CCNCC5)cc34)c(F)c2F)cn1. The lowest BCUT2D eigenvalue weighted by molar-refractivity contribution is -0.115. The Kier molecular flexibility index (Phi) is 7.47. The molecule has 0 unspecified atom stereocenters. The minimum Gasteiger partial charge on any atom is -0.490 e. The molecule has 1 amide bonds. The Morgan fingerprint density at radius 3 is 2.64 bits per heavy atom. The van der Waals surface area contributed by atoms with Gasteiger partial charge in [-0.2, -0.15) is 9.49 Å². The summed E-state index contributed by atoms with van der Waals surface area (Å²) in [6.45, 7) is 7.73. The molecule has 1 saturated heterocycles. The van der Waals surface area contributed by atoms with Crippen LogP contribution >= 0.6 is 0 Å². The average molecular weight is 536 g/mol. The second-order valence-electron chi connectivity index (χ2n) is 10.6. The lowest BCUT2D eigenvalue weighted by atomic mass is 10.1. The number of rotatable bonds is 7. The summed E-state index contributed by atoms with van der Waals surface area (Å²) in [5, 5.41) is 10.8. The molecule has 2 aromatic heterocycles. The van der Waals surface area contributed by atoms with Gasteiger partial charge in [0.15, 0.2) is 11.6 Å². The van der Waals surface area contributed by atoms with Gasteiger partial charge in [0.25, 0.3) is 0 Å². The van der Waals surface area contributed by atoms with E-state index < -0.39 is 17.5 Å². The maximum absolute atomic E-state index is 15.1. The lowest BCUT2D eigenvalue weighted by Crippen LogP contribution is -2.34. The molecule has 10 heteroatoms. The normalized spacial score (nSPS) is 14.4. The van der Waals surface area contributed by atoms with Gasteiger partial charge in [-0.3, -0.25) is 14.5 Å². The Morgan fingerprint density at radius 2 is 1.90 bits per heavy atom. The van der Waals surface area contributed by atoms with Crippen LogP contribution in [0.1, 0.15) is 39.2 Å². The van der Waals surface area contributed by atoms with Crippen LogP contribution in [0.2, 0.25) is 0 Å². The van der Waals surface area contributed by atoms with Crippen LogP contribution in [0.5, 0.6) is 17.2 Å². The molecule has 0 bridgehead atoms. The smallest absolute Gasteiger partial charge is 0.228 e. The number of amides is 1. The third-order valence-electron chi connectivity index (χ3n) is 6.51. The molecule has 0 atom stereocenters. The molecule has 39 heavy (non-hydrogen) atoms. The van der Waals surface area contributed by atoms with Crippen molar-refractivity contribution in [1.82, 2.24) is 20.1 Å². The van der Waals surface area contributed by atoms with Crippen molar-refractivity contribution in [3.8, 4) is 17.2 Å². The van der Waals surface area contributed by atoms with Gasteiger partial charge in [0.05, 0.1) is 29.4 Å². The molecule has 0 radical (unpaired) electrons. The first-order chi connectivity index (χ1) is 18.7. The maximum atomic E-state index is 15.1. The molecule has 204 valence electrons. The quantitative estimate of drug-likeness (QED) is 0.322. The molecule has 0 saturated carbocycles. The van der Waals surface area contributed by atoms with E-state index in [0.717, 1.165) is 25.9 Å². The number of hydrogen-bond acceptors (Lipinski definition) is 6. The second kappa shape index (κ2) is 11.0. The molecule has 0 aliphatic carbocycles. The average Bonchev–Trinajstić information content (AvgIpc) is 3.38. The first-order valence-electron chi connectivity index (χ1n) is 12.9. The van der Waals surface area contributed by atoms with Crippen molar-refractivity contribution in [2.45, 2.75) is 51.7 Å². The van der Waals surface area contributed by atoms with Gasteiger partial charge in [-0.15, -0.1) is 0 Å². The number of halogens is 2. The highest BCUT2D eigenvalue weighted by molar-refractivity contribution is 5.92. The van der Waals surface area contributed by atoms with Crippen LogP contribution in [0.15, 0.2) is 55.0 Å². The molecule has 3 heterocycles. The summed E-state index contributed by atoms with van der Waals surface area (Å²) in [5.41, 5.74) is 0.770. The van der Waals surface area contributed by atoms with Crippen LogP contribution in [0, 0.1) is 11.6 Å². The predicted molar refractivity (Wildman–Crippen MR) is 144 cm³/mol. The van der Waals surface area contributed by atoms with Gasteiger partial charge in [-0.1, -0.05) is 6.07 Å². The number of pyridine rings is 1. The van der Waals surface area contributed by atoms with Gasteiger partial charge in [-0.25, -0.2) is 4.39 Å². The molecular weight excluding hydrogens is 504 g/mol. The lowest BCUT2D eigenvalue weighted by Gasteiger charge is -2.24. The minimum atomic E-state index is -1.17. The molecule has 5 rings (SSSR count). The zero-order valence-corrected chi connectivity index (χ0v) is 22.1. The van der Waals surface area contributed by atoms with Crippen molar-refractivity contribution < 1.29 is 23.0 Å². The molecule has 1 aliphatic heterocycles. The highest BCUT2D eigenvalue weighted by Gasteiger charge is 2.20. The van der Waals surface area contributed by atoms with E-state index >= 15 is 4.39 Å². The number of carbonyl (C=O) groups is 1. The first-order valence-corrected chi connectivity index (χ1v) is 12.9. The number of piperidine rings is 1. The topological polar surface area (TPSA) is 90.3 Å². The number of anilines is 1. The minimum absolute atomic E-state index is 0.0854. The van der Waals surface area contributed by atoms with E-state index in [4.69, 9.17) is 9.47 Å². The van der Waals surface area contributed by atoms with E-state index in [9.17, 15) is 9.18 Å². The third-order valence-corrected chi connectivity index (χ3v) is 6.51. The Morgan fingerprint density at radius 1 is 1.10 bits per heavy atom. The van der Waals surface area contributed by atoms with Gasteiger partial charge in [0, 0.05) is 23.3 Å². The zero-order valence-electron chi connectivity index (χ0n) is 22.1. The van der Waals surface area contributed by atoms with E-state index in [1.807, 2.05) is 32.9 Å². The summed E-state index contributed by atoms with van der Waals surface area (Å²) < 4.78 is 43.7. The monoisotopic (exact) mass is 535 g/mol. The fourth-order valence-corrected chi connectivity index (χ4v) is 4.41. The molecule has 4 aromatic rings. The van der Waals surface area contributed by atoms with Crippen LogP contribution in [0.25, 0.3) is 10.9 Å². The molecule has 0 spiro atoms. The Labute approximate surface area is 225 Å². The summed E-state index contributed by atoms with van der Waals surface area (Å²) in [6, 6.07) is 9.71. The number of benzene rings is 2. The fraction of sp³-hybridized carbons (Fsp3) is 0.345. The summed E-state index contributed by atoms with van der Waals surface area (Å²) >= 11 is 0.